The number of anilines is 1. The van der Waals surface area contributed by atoms with Gasteiger partial charge in [-0.25, -0.2) is 18.7 Å². The highest BCUT2D eigenvalue weighted by molar-refractivity contribution is 7.98. The van der Waals surface area contributed by atoms with Crippen molar-refractivity contribution in [2.75, 3.05) is 5.32 Å². The largest absolute Gasteiger partial charge is 0.326 e. The van der Waals surface area contributed by atoms with E-state index in [2.05, 4.69) is 25.5 Å². The number of thioether (sulfide) groups is 1. The minimum absolute atomic E-state index is 0.118. The van der Waals surface area contributed by atoms with Gasteiger partial charge in [0.1, 0.15) is 23.0 Å². The van der Waals surface area contributed by atoms with Crippen molar-refractivity contribution in [1.29, 1.82) is 0 Å². The number of amides is 1. The quantitative estimate of drug-likeness (QED) is 0.369. The number of carbonyl (C=O) groups is 1. The number of aromatic nitrogens is 4. The summed E-state index contributed by atoms with van der Waals surface area (Å²) >= 11 is 1.53. The Hall–Kier alpha value is -3.33. The van der Waals surface area contributed by atoms with Crippen LogP contribution >= 0.6 is 11.8 Å². The Morgan fingerprint density at radius 1 is 1.07 bits per heavy atom. The number of fused-ring (bicyclic) bond motifs is 1. The Labute approximate surface area is 168 Å². The van der Waals surface area contributed by atoms with E-state index in [1.807, 2.05) is 18.2 Å². The molecule has 6 nitrogen and oxygen atoms in total. The van der Waals surface area contributed by atoms with Crippen LogP contribution in [0.4, 0.5) is 14.5 Å². The Bertz CT molecular complexity index is 1160. The van der Waals surface area contributed by atoms with Crippen LogP contribution in [0.5, 0.6) is 0 Å². The first-order chi connectivity index (χ1) is 14.1. The molecule has 0 unspecified atom stereocenters. The molecule has 0 radical (unpaired) electrons. The van der Waals surface area contributed by atoms with Crippen LogP contribution in [0.3, 0.4) is 0 Å². The van der Waals surface area contributed by atoms with Crippen LogP contribution in [-0.2, 0) is 17.0 Å². The highest BCUT2D eigenvalue weighted by Crippen LogP contribution is 2.27. The Morgan fingerprint density at radius 2 is 1.90 bits per heavy atom. The summed E-state index contributed by atoms with van der Waals surface area (Å²) in [6, 6.07) is 10.5. The second kappa shape index (κ2) is 8.36. The van der Waals surface area contributed by atoms with Crippen molar-refractivity contribution in [2.45, 2.75) is 17.2 Å². The monoisotopic (exact) mass is 411 g/mol. The summed E-state index contributed by atoms with van der Waals surface area (Å²) in [6.45, 7) is 0. The minimum atomic E-state index is -0.705. The molecule has 0 aliphatic carbocycles. The van der Waals surface area contributed by atoms with E-state index in [9.17, 15) is 13.6 Å². The predicted molar refractivity (Wildman–Crippen MR) is 106 cm³/mol. The number of hydrogen-bond donors (Lipinski definition) is 2. The maximum atomic E-state index is 13.3. The van der Waals surface area contributed by atoms with Crippen LogP contribution < -0.4 is 5.32 Å². The smallest absolute Gasteiger partial charge is 0.228 e. The van der Waals surface area contributed by atoms with Gasteiger partial charge in [0.05, 0.1) is 18.0 Å². The third-order valence-corrected chi connectivity index (χ3v) is 5.16. The number of nitrogens with zero attached hydrogens (tertiary/aromatic N) is 3. The summed E-state index contributed by atoms with van der Waals surface area (Å²) in [5.41, 5.74) is 2.55. The average Bonchev–Trinajstić information content (AvgIpc) is 3.15. The van der Waals surface area contributed by atoms with Crippen molar-refractivity contribution in [3.63, 3.8) is 0 Å². The van der Waals surface area contributed by atoms with Gasteiger partial charge in [0.25, 0.3) is 0 Å². The van der Waals surface area contributed by atoms with Crippen molar-refractivity contribution >= 4 is 34.4 Å². The standard InChI is InChI=1S/C20H15F2N5OS/c21-14-4-13(5-15(22)8-14)7-18(28)26-16-3-1-2-12(6-16)10-29-20-17-9-25-27-19(17)23-11-24-20/h1-6,8-9,11H,7,10H2,(H,26,28)(H,23,24,25,27). The van der Waals surface area contributed by atoms with Gasteiger partial charge in [0, 0.05) is 17.5 Å². The second-order valence-corrected chi connectivity index (χ2v) is 7.27. The fourth-order valence-corrected chi connectivity index (χ4v) is 3.76. The van der Waals surface area contributed by atoms with Crippen molar-refractivity contribution < 1.29 is 13.6 Å². The summed E-state index contributed by atoms with van der Waals surface area (Å²) < 4.78 is 26.5. The molecular weight excluding hydrogens is 396 g/mol. The van der Waals surface area contributed by atoms with Crippen molar-refractivity contribution in [2.24, 2.45) is 0 Å². The Kier molecular flexibility index (Phi) is 5.48. The van der Waals surface area contributed by atoms with Gasteiger partial charge in [-0.1, -0.05) is 12.1 Å². The highest BCUT2D eigenvalue weighted by Gasteiger charge is 2.09. The van der Waals surface area contributed by atoms with Gasteiger partial charge in [0.2, 0.25) is 5.91 Å². The van der Waals surface area contributed by atoms with E-state index in [1.54, 1.807) is 12.3 Å². The van der Waals surface area contributed by atoms with Crippen LogP contribution in [0, 0.1) is 11.6 Å². The van der Waals surface area contributed by atoms with Crippen LogP contribution in [-0.4, -0.2) is 26.1 Å². The topological polar surface area (TPSA) is 83.6 Å². The van der Waals surface area contributed by atoms with Gasteiger partial charge in [0.15, 0.2) is 5.65 Å². The third-order valence-electron chi connectivity index (χ3n) is 4.08. The van der Waals surface area contributed by atoms with Crippen molar-refractivity contribution in [3.8, 4) is 0 Å². The highest BCUT2D eigenvalue weighted by atomic mass is 32.2. The molecule has 0 aliphatic rings. The summed E-state index contributed by atoms with van der Waals surface area (Å²) in [5.74, 6) is -1.13. The van der Waals surface area contributed by atoms with Gasteiger partial charge in [-0.3, -0.25) is 9.89 Å². The predicted octanol–water partition coefficient (Wildman–Crippen LogP) is 4.10. The van der Waals surface area contributed by atoms with Gasteiger partial charge in [-0.05, 0) is 35.4 Å². The molecule has 0 spiro atoms. The molecular formula is C20H15F2N5OS. The normalized spacial score (nSPS) is 11.0. The van der Waals surface area contributed by atoms with E-state index in [4.69, 9.17) is 0 Å². The van der Waals surface area contributed by atoms with Gasteiger partial charge >= 0.3 is 0 Å². The van der Waals surface area contributed by atoms with E-state index < -0.39 is 11.6 Å². The first-order valence-electron chi connectivity index (χ1n) is 8.67. The molecule has 29 heavy (non-hydrogen) atoms. The lowest BCUT2D eigenvalue weighted by atomic mass is 10.1. The lowest BCUT2D eigenvalue weighted by Gasteiger charge is -2.08. The molecule has 0 saturated heterocycles. The molecule has 146 valence electrons. The number of aromatic amines is 1. The molecule has 4 aromatic rings. The Morgan fingerprint density at radius 3 is 2.72 bits per heavy atom. The SMILES string of the molecule is O=C(Cc1cc(F)cc(F)c1)Nc1cccc(CSc2ncnc3[nH]ncc23)c1. The van der Waals surface area contributed by atoms with Crippen LogP contribution in [0.25, 0.3) is 11.0 Å². The van der Waals surface area contributed by atoms with Gasteiger partial charge in [-0.15, -0.1) is 11.8 Å². The average molecular weight is 411 g/mol. The van der Waals surface area contributed by atoms with Crippen molar-refractivity contribution in [1.82, 2.24) is 20.2 Å². The molecule has 0 fully saturated rings. The second-order valence-electron chi connectivity index (χ2n) is 6.30. The number of hydrogen-bond acceptors (Lipinski definition) is 5. The number of rotatable bonds is 6. The zero-order valence-corrected chi connectivity index (χ0v) is 15.8. The third kappa shape index (κ3) is 4.75. The molecule has 2 N–H and O–H groups in total. The van der Waals surface area contributed by atoms with E-state index in [-0.39, 0.29) is 17.9 Å². The minimum Gasteiger partial charge on any atom is -0.326 e. The number of halogens is 2. The first kappa shape index (κ1) is 19.0. The maximum Gasteiger partial charge on any atom is 0.228 e. The van der Waals surface area contributed by atoms with Crippen molar-refractivity contribution in [3.05, 3.63) is 77.8 Å². The molecule has 9 heteroatoms. The van der Waals surface area contributed by atoms with E-state index in [0.29, 0.717) is 17.1 Å². The number of nitrogens with one attached hydrogen (secondary N) is 2. The Balaban J connectivity index is 1.40. The molecule has 2 aromatic carbocycles. The van der Waals surface area contributed by atoms with Gasteiger partial charge < -0.3 is 5.32 Å². The van der Waals surface area contributed by atoms with Crippen LogP contribution in [0.1, 0.15) is 11.1 Å². The van der Waals surface area contributed by atoms with Crippen LogP contribution in [0.15, 0.2) is 60.0 Å². The number of carbonyl (C=O) groups excluding carboxylic acids is 1. The van der Waals surface area contributed by atoms with E-state index in [0.717, 1.165) is 34.2 Å². The van der Waals surface area contributed by atoms with E-state index in [1.165, 1.54) is 18.1 Å². The summed E-state index contributed by atoms with van der Waals surface area (Å²) in [5, 5.41) is 11.2. The molecule has 1 amide bonds. The zero-order chi connectivity index (χ0) is 20.2. The first-order valence-corrected chi connectivity index (χ1v) is 9.66. The number of H-pyrrole nitrogens is 1. The summed E-state index contributed by atoms with van der Waals surface area (Å²) in [4.78, 5) is 20.6. The number of benzene rings is 2. The van der Waals surface area contributed by atoms with E-state index >= 15 is 0 Å². The molecule has 2 aromatic heterocycles. The lowest BCUT2D eigenvalue weighted by molar-refractivity contribution is -0.115. The molecule has 0 aliphatic heterocycles. The maximum absolute atomic E-state index is 13.3. The van der Waals surface area contributed by atoms with Crippen LogP contribution in [0.2, 0.25) is 0 Å². The van der Waals surface area contributed by atoms with Gasteiger partial charge in [-0.2, -0.15) is 5.10 Å². The summed E-state index contributed by atoms with van der Waals surface area (Å²) in [6.07, 6.45) is 3.05. The zero-order valence-electron chi connectivity index (χ0n) is 15.0. The molecule has 0 saturated carbocycles. The fourth-order valence-electron chi connectivity index (χ4n) is 2.85. The summed E-state index contributed by atoms with van der Waals surface area (Å²) in [7, 11) is 0. The molecule has 2 heterocycles. The molecule has 0 atom stereocenters. The molecule has 4 rings (SSSR count). The fraction of sp³-hybridized carbons (Fsp3) is 0.100. The molecule has 0 bridgehead atoms. The lowest BCUT2D eigenvalue weighted by Crippen LogP contribution is -2.14.